The van der Waals surface area contributed by atoms with Crippen LogP contribution in [0.4, 0.5) is 4.79 Å². The summed E-state index contributed by atoms with van der Waals surface area (Å²) >= 11 is 0. The van der Waals surface area contributed by atoms with Crippen LogP contribution in [0.2, 0.25) is 0 Å². The minimum absolute atomic E-state index is 0.386. The lowest BCUT2D eigenvalue weighted by molar-refractivity contribution is -0.120. The predicted octanol–water partition coefficient (Wildman–Crippen LogP) is 0.708. The molecule has 1 atom stereocenters. The van der Waals surface area contributed by atoms with E-state index in [9.17, 15) is 9.59 Å². The number of nitrogens with one attached hydrogen (secondary N) is 2. The molecule has 1 saturated heterocycles. The van der Waals surface area contributed by atoms with Crippen molar-refractivity contribution in [3.63, 3.8) is 0 Å². The van der Waals surface area contributed by atoms with Gasteiger partial charge in [-0.15, -0.1) is 0 Å². The van der Waals surface area contributed by atoms with Gasteiger partial charge in [-0.05, 0) is 12.1 Å². The lowest BCUT2D eigenvalue weighted by Gasteiger charge is -2.00. The molecule has 0 aliphatic carbocycles. The van der Waals surface area contributed by atoms with Gasteiger partial charge < -0.3 is 9.73 Å². The van der Waals surface area contributed by atoms with E-state index in [-0.39, 0.29) is 0 Å². The van der Waals surface area contributed by atoms with E-state index in [4.69, 9.17) is 4.42 Å². The van der Waals surface area contributed by atoms with Crippen LogP contribution in [0.1, 0.15) is 11.8 Å². The molecule has 2 N–H and O–H groups in total. The van der Waals surface area contributed by atoms with Crippen molar-refractivity contribution >= 4 is 23.0 Å². The fourth-order valence-corrected chi connectivity index (χ4v) is 1.65. The van der Waals surface area contributed by atoms with Crippen LogP contribution in [-0.4, -0.2) is 16.9 Å². The quantitative estimate of drug-likeness (QED) is 0.689. The zero-order chi connectivity index (χ0) is 11.1. The molecular weight excluding hydrogens is 210 g/mol. The second-order valence-electron chi connectivity index (χ2n) is 3.43. The second kappa shape index (κ2) is 3.06. The number of urea groups is 1. The molecule has 80 valence electrons. The van der Waals surface area contributed by atoms with Gasteiger partial charge >= 0.3 is 6.03 Å². The SMILES string of the molecule is O=C1NC(=O)[C@H](c2cc3ncccc3o2)N1. The third kappa shape index (κ3) is 1.23. The average Bonchev–Trinajstić information content (AvgIpc) is 2.81. The second-order valence-corrected chi connectivity index (χ2v) is 3.43. The zero-order valence-corrected chi connectivity index (χ0v) is 8.06. The van der Waals surface area contributed by atoms with Gasteiger partial charge in [-0.1, -0.05) is 0 Å². The fraction of sp³-hybridized carbons (Fsp3) is 0.100. The van der Waals surface area contributed by atoms with Crippen LogP contribution < -0.4 is 10.6 Å². The molecule has 0 spiro atoms. The van der Waals surface area contributed by atoms with Crippen molar-refractivity contribution in [1.29, 1.82) is 0 Å². The van der Waals surface area contributed by atoms with E-state index in [0.717, 1.165) is 0 Å². The van der Waals surface area contributed by atoms with E-state index in [1.807, 2.05) is 0 Å². The maximum Gasteiger partial charge on any atom is 0.322 e. The van der Waals surface area contributed by atoms with E-state index in [1.54, 1.807) is 24.4 Å². The summed E-state index contributed by atoms with van der Waals surface area (Å²) < 4.78 is 5.43. The van der Waals surface area contributed by atoms with Gasteiger partial charge in [0.15, 0.2) is 11.6 Å². The summed E-state index contributed by atoms with van der Waals surface area (Å²) in [7, 11) is 0. The predicted molar refractivity (Wildman–Crippen MR) is 53.4 cm³/mol. The lowest BCUT2D eigenvalue weighted by Crippen LogP contribution is -2.22. The Morgan fingerprint density at radius 3 is 2.94 bits per heavy atom. The van der Waals surface area contributed by atoms with Crippen molar-refractivity contribution in [3.8, 4) is 0 Å². The Morgan fingerprint density at radius 1 is 1.38 bits per heavy atom. The highest BCUT2D eigenvalue weighted by Crippen LogP contribution is 2.23. The Morgan fingerprint density at radius 2 is 2.25 bits per heavy atom. The zero-order valence-electron chi connectivity index (χ0n) is 8.06. The molecule has 3 heterocycles. The smallest absolute Gasteiger partial charge is 0.322 e. The molecule has 1 fully saturated rings. The maximum absolute atomic E-state index is 11.4. The number of furan rings is 1. The van der Waals surface area contributed by atoms with Gasteiger partial charge in [-0.25, -0.2) is 4.79 Å². The monoisotopic (exact) mass is 217 g/mol. The van der Waals surface area contributed by atoms with Gasteiger partial charge in [0.1, 0.15) is 11.3 Å². The molecule has 0 saturated carbocycles. The molecule has 2 aromatic rings. The van der Waals surface area contributed by atoms with Crippen LogP contribution >= 0.6 is 0 Å². The molecule has 3 amide bonds. The van der Waals surface area contributed by atoms with Crippen molar-refractivity contribution in [1.82, 2.24) is 15.6 Å². The number of imide groups is 1. The molecule has 0 unspecified atom stereocenters. The van der Waals surface area contributed by atoms with Crippen LogP contribution in [0.15, 0.2) is 28.8 Å². The van der Waals surface area contributed by atoms with Gasteiger partial charge in [-0.2, -0.15) is 0 Å². The number of hydrogen-bond acceptors (Lipinski definition) is 4. The molecule has 6 heteroatoms. The molecule has 1 aliphatic rings. The molecule has 6 nitrogen and oxygen atoms in total. The van der Waals surface area contributed by atoms with Crippen molar-refractivity contribution in [3.05, 3.63) is 30.2 Å². The molecule has 16 heavy (non-hydrogen) atoms. The Bertz CT molecular complexity index is 557. The highest BCUT2D eigenvalue weighted by molar-refractivity contribution is 6.04. The third-order valence-electron chi connectivity index (χ3n) is 2.37. The third-order valence-corrected chi connectivity index (χ3v) is 2.37. The van der Waals surface area contributed by atoms with E-state index in [0.29, 0.717) is 16.9 Å². The Kier molecular flexibility index (Phi) is 1.70. The van der Waals surface area contributed by atoms with Crippen molar-refractivity contribution in [2.75, 3.05) is 0 Å². The average molecular weight is 217 g/mol. The fourth-order valence-electron chi connectivity index (χ4n) is 1.65. The summed E-state index contributed by atoms with van der Waals surface area (Å²) in [4.78, 5) is 26.4. The first-order valence-electron chi connectivity index (χ1n) is 4.70. The van der Waals surface area contributed by atoms with E-state index >= 15 is 0 Å². The topological polar surface area (TPSA) is 84.2 Å². The van der Waals surface area contributed by atoms with Crippen LogP contribution in [0.3, 0.4) is 0 Å². The van der Waals surface area contributed by atoms with Crippen LogP contribution in [0, 0.1) is 0 Å². The minimum atomic E-state index is -0.762. The van der Waals surface area contributed by atoms with Crippen LogP contribution in [0.25, 0.3) is 11.1 Å². The van der Waals surface area contributed by atoms with Crippen molar-refractivity contribution < 1.29 is 14.0 Å². The van der Waals surface area contributed by atoms with Crippen LogP contribution in [-0.2, 0) is 4.79 Å². The lowest BCUT2D eigenvalue weighted by atomic mass is 10.2. The number of pyridine rings is 1. The van der Waals surface area contributed by atoms with Crippen molar-refractivity contribution in [2.24, 2.45) is 0 Å². The number of fused-ring (bicyclic) bond motifs is 1. The molecule has 1 aliphatic heterocycles. The maximum atomic E-state index is 11.4. The number of rotatable bonds is 1. The number of carbonyl (C=O) groups excluding carboxylic acids is 2. The van der Waals surface area contributed by atoms with E-state index < -0.39 is 18.0 Å². The van der Waals surface area contributed by atoms with E-state index in [2.05, 4.69) is 15.6 Å². The first-order chi connectivity index (χ1) is 7.74. The van der Waals surface area contributed by atoms with Gasteiger partial charge in [0.05, 0.1) is 0 Å². The first-order valence-corrected chi connectivity index (χ1v) is 4.70. The molecule has 2 aromatic heterocycles. The summed E-state index contributed by atoms with van der Waals surface area (Å²) in [6.45, 7) is 0. The van der Waals surface area contributed by atoms with Crippen LogP contribution in [0.5, 0.6) is 0 Å². The minimum Gasteiger partial charge on any atom is -0.457 e. The molecule has 0 bridgehead atoms. The first kappa shape index (κ1) is 8.90. The Labute approximate surface area is 89.6 Å². The molecule has 0 radical (unpaired) electrons. The standard InChI is InChI=1S/C10H7N3O3/c14-9-8(12-10(15)13-9)7-4-5-6(16-7)2-1-3-11-5/h1-4,8H,(H2,12,13,14,15)/t8-/m0/s1. The highest BCUT2D eigenvalue weighted by Gasteiger charge is 2.33. The summed E-state index contributed by atoms with van der Waals surface area (Å²) in [5, 5.41) is 4.60. The summed E-state index contributed by atoms with van der Waals surface area (Å²) in [5.74, 6) is -0.0268. The van der Waals surface area contributed by atoms with Gasteiger partial charge in [-0.3, -0.25) is 15.1 Å². The van der Waals surface area contributed by atoms with Crippen molar-refractivity contribution in [2.45, 2.75) is 6.04 Å². The van der Waals surface area contributed by atoms with Gasteiger partial charge in [0.2, 0.25) is 0 Å². The number of aromatic nitrogens is 1. The Hall–Kier alpha value is -2.37. The molecular formula is C10H7N3O3. The number of carbonyl (C=O) groups is 2. The highest BCUT2D eigenvalue weighted by atomic mass is 16.3. The molecule has 3 rings (SSSR count). The number of hydrogen-bond donors (Lipinski definition) is 2. The molecule has 0 aromatic carbocycles. The summed E-state index contributed by atoms with van der Waals surface area (Å²) in [5.41, 5.74) is 1.25. The number of nitrogens with zero attached hydrogens (tertiary/aromatic N) is 1. The normalized spacial score (nSPS) is 19.9. The summed E-state index contributed by atoms with van der Waals surface area (Å²) in [6.07, 6.45) is 1.63. The van der Waals surface area contributed by atoms with E-state index in [1.165, 1.54) is 0 Å². The summed E-state index contributed by atoms with van der Waals surface area (Å²) in [6, 6.07) is 3.86. The van der Waals surface area contributed by atoms with Gasteiger partial charge in [0.25, 0.3) is 5.91 Å². The van der Waals surface area contributed by atoms with Gasteiger partial charge in [0, 0.05) is 12.3 Å². The number of amides is 3. The largest absolute Gasteiger partial charge is 0.457 e. The Balaban J connectivity index is 2.06.